The molecular formula is C17H26N6O. The summed E-state index contributed by atoms with van der Waals surface area (Å²) in [7, 11) is 1.69. The van der Waals surface area contributed by atoms with Crippen molar-refractivity contribution >= 4 is 5.82 Å². The van der Waals surface area contributed by atoms with Crippen LogP contribution in [0.15, 0.2) is 18.7 Å². The minimum absolute atomic E-state index is 0.0976. The van der Waals surface area contributed by atoms with E-state index in [1.54, 1.807) is 19.8 Å². The normalized spacial score (nSPS) is 18.8. The highest BCUT2D eigenvalue weighted by atomic mass is 16.5. The van der Waals surface area contributed by atoms with Gasteiger partial charge in [0.25, 0.3) is 0 Å². The molecule has 0 radical (unpaired) electrons. The molecule has 0 N–H and O–H groups in total. The molecule has 130 valence electrons. The first-order chi connectivity index (χ1) is 11.5. The van der Waals surface area contributed by atoms with Gasteiger partial charge in [-0.3, -0.25) is 0 Å². The van der Waals surface area contributed by atoms with Crippen molar-refractivity contribution in [2.75, 3.05) is 25.1 Å². The maximum Gasteiger partial charge on any atom is 0.137 e. The van der Waals surface area contributed by atoms with E-state index < -0.39 is 0 Å². The summed E-state index contributed by atoms with van der Waals surface area (Å²) >= 11 is 0. The summed E-state index contributed by atoms with van der Waals surface area (Å²) in [5.74, 6) is 1.83. The van der Waals surface area contributed by atoms with E-state index in [2.05, 4.69) is 40.7 Å². The molecule has 0 bridgehead atoms. The van der Waals surface area contributed by atoms with Crippen LogP contribution in [0.2, 0.25) is 0 Å². The van der Waals surface area contributed by atoms with Crippen molar-refractivity contribution in [3.8, 4) is 0 Å². The Balaban J connectivity index is 1.88. The molecule has 24 heavy (non-hydrogen) atoms. The molecule has 0 aromatic carbocycles. The number of methoxy groups -OCH3 is 1. The maximum atomic E-state index is 5.29. The number of nitrogens with zero attached hydrogens (tertiary/aromatic N) is 6. The lowest BCUT2D eigenvalue weighted by atomic mass is 9.95. The van der Waals surface area contributed by atoms with Gasteiger partial charge in [0.1, 0.15) is 24.3 Å². The van der Waals surface area contributed by atoms with E-state index in [4.69, 9.17) is 9.72 Å². The maximum absolute atomic E-state index is 5.29. The van der Waals surface area contributed by atoms with Crippen LogP contribution in [0.5, 0.6) is 0 Å². The molecule has 0 spiro atoms. The summed E-state index contributed by atoms with van der Waals surface area (Å²) in [6.45, 7) is 8.79. The van der Waals surface area contributed by atoms with Crippen molar-refractivity contribution in [1.29, 1.82) is 0 Å². The molecule has 1 aliphatic rings. The van der Waals surface area contributed by atoms with Crippen LogP contribution < -0.4 is 4.90 Å². The molecule has 0 aliphatic carbocycles. The number of anilines is 1. The Labute approximate surface area is 143 Å². The van der Waals surface area contributed by atoms with Gasteiger partial charge < -0.3 is 9.64 Å². The van der Waals surface area contributed by atoms with Gasteiger partial charge >= 0.3 is 0 Å². The number of piperidine rings is 1. The lowest BCUT2D eigenvalue weighted by Crippen LogP contribution is -2.38. The molecule has 3 rings (SSSR count). The predicted octanol–water partition coefficient (Wildman–Crippen LogP) is 2.35. The standard InChI is InChI=1S/C17H26N6O/c1-17(2,3)16-20-13(10-24-4)8-15(21-16)22-7-5-6-14(9-22)23-12-18-11-19-23/h8,11-12,14H,5-7,9-10H2,1-4H3. The van der Waals surface area contributed by atoms with Gasteiger partial charge in [-0.05, 0) is 12.8 Å². The van der Waals surface area contributed by atoms with Gasteiger partial charge in [0.05, 0.1) is 18.3 Å². The van der Waals surface area contributed by atoms with E-state index in [9.17, 15) is 0 Å². The van der Waals surface area contributed by atoms with Crippen LogP contribution >= 0.6 is 0 Å². The van der Waals surface area contributed by atoms with Gasteiger partial charge in [0.2, 0.25) is 0 Å². The van der Waals surface area contributed by atoms with Crippen LogP contribution in [-0.2, 0) is 16.8 Å². The van der Waals surface area contributed by atoms with Crippen LogP contribution in [0.1, 0.15) is 51.2 Å². The average molecular weight is 330 g/mol. The zero-order valence-electron chi connectivity index (χ0n) is 14.9. The third-order valence-corrected chi connectivity index (χ3v) is 4.26. The van der Waals surface area contributed by atoms with Crippen molar-refractivity contribution in [2.45, 2.75) is 51.7 Å². The minimum Gasteiger partial charge on any atom is -0.378 e. The molecule has 1 atom stereocenters. The fraction of sp³-hybridized carbons (Fsp3) is 0.647. The summed E-state index contributed by atoms with van der Waals surface area (Å²) in [6, 6.07) is 2.38. The van der Waals surface area contributed by atoms with Gasteiger partial charge in [-0.15, -0.1) is 0 Å². The second-order valence-electron chi connectivity index (χ2n) is 7.34. The van der Waals surface area contributed by atoms with Gasteiger partial charge in [-0.1, -0.05) is 20.8 Å². The summed E-state index contributed by atoms with van der Waals surface area (Å²) in [6.07, 6.45) is 5.62. The number of ether oxygens (including phenoxy) is 1. The molecule has 2 aromatic heterocycles. The minimum atomic E-state index is -0.0976. The van der Waals surface area contributed by atoms with Crippen LogP contribution in [0.4, 0.5) is 5.82 Å². The quantitative estimate of drug-likeness (QED) is 0.857. The van der Waals surface area contributed by atoms with Crippen LogP contribution in [-0.4, -0.2) is 44.9 Å². The molecule has 1 unspecified atom stereocenters. The summed E-state index contributed by atoms with van der Waals surface area (Å²) in [4.78, 5) is 15.9. The van der Waals surface area contributed by atoms with Crippen molar-refractivity contribution in [3.63, 3.8) is 0 Å². The molecular weight excluding hydrogens is 304 g/mol. The monoisotopic (exact) mass is 330 g/mol. The SMILES string of the molecule is COCc1cc(N2CCCC(n3cncn3)C2)nc(C(C)(C)C)n1. The second-order valence-corrected chi connectivity index (χ2v) is 7.34. The van der Waals surface area contributed by atoms with E-state index in [0.717, 1.165) is 43.3 Å². The second kappa shape index (κ2) is 6.84. The first-order valence-electron chi connectivity index (χ1n) is 8.44. The lowest BCUT2D eigenvalue weighted by molar-refractivity contribution is 0.181. The highest BCUT2D eigenvalue weighted by molar-refractivity contribution is 5.41. The van der Waals surface area contributed by atoms with Crippen LogP contribution in [0.25, 0.3) is 0 Å². The zero-order valence-corrected chi connectivity index (χ0v) is 14.9. The van der Waals surface area contributed by atoms with Crippen molar-refractivity contribution in [3.05, 3.63) is 30.2 Å². The third-order valence-electron chi connectivity index (χ3n) is 4.26. The van der Waals surface area contributed by atoms with Gasteiger partial charge in [0, 0.05) is 31.7 Å². The van der Waals surface area contributed by atoms with E-state index in [1.807, 2.05) is 10.7 Å². The predicted molar refractivity (Wildman–Crippen MR) is 92.0 cm³/mol. The largest absolute Gasteiger partial charge is 0.378 e. The number of rotatable bonds is 4. The van der Waals surface area contributed by atoms with Crippen LogP contribution in [0, 0.1) is 0 Å². The molecule has 3 heterocycles. The molecule has 7 nitrogen and oxygen atoms in total. The van der Waals surface area contributed by atoms with E-state index >= 15 is 0 Å². The smallest absolute Gasteiger partial charge is 0.137 e. The van der Waals surface area contributed by atoms with Crippen molar-refractivity contribution in [2.24, 2.45) is 0 Å². The topological polar surface area (TPSA) is 69.0 Å². The number of aromatic nitrogens is 5. The summed E-state index contributed by atoms with van der Waals surface area (Å²) < 4.78 is 7.24. The first-order valence-corrected chi connectivity index (χ1v) is 8.44. The lowest BCUT2D eigenvalue weighted by Gasteiger charge is -2.34. The molecule has 1 aliphatic heterocycles. The molecule has 0 amide bonds. The average Bonchev–Trinajstić information content (AvgIpc) is 3.09. The zero-order chi connectivity index (χ0) is 17.2. The Morgan fingerprint density at radius 1 is 1.29 bits per heavy atom. The molecule has 7 heteroatoms. The Bertz CT molecular complexity index is 664. The van der Waals surface area contributed by atoms with Gasteiger partial charge in [-0.2, -0.15) is 5.10 Å². The molecule has 0 saturated carbocycles. The van der Waals surface area contributed by atoms with Crippen molar-refractivity contribution in [1.82, 2.24) is 24.7 Å². The van der Waals surface area contributed by atoms with E-state index in [1.165, 1.54) is 0 Å². The van der Waals surface area contributed by atoms with E-state index in [-0.39, 0.29) is 5.41 Å². The van der Waals surface area contributed by atoms with Gasteiger partial charge in [-0.25, -0.2) is 19.6 Å². The highest BCUT2D eigenvalue weighted by Gasteiger charge is 2.25. The Morgan fingerprint density at radius 3 is 2.79 bits per heavy atom. The van der Waals surface area contributed by atoms with E-state index in [0.29, 0.717) is 12.6 Å². The number of hydrogen-bond acceptors (Lipinski definition) is 6. The summed E-state index contributed by atoms with van der Waals surface area (Å²) in [5, 5.41) is 4.30. The molecule has 1 saturated heterocycles. The van der Waals surface area contributed by atoms with Crippen LogP contribution in [0.3, 0.4) is 0 Å². The van der Waals surface area contributed by atoms with Gasteiger partial charge in [0.15, 0.2) is 0 Å². The summed E-state index contributed by atoms with van der Waals surface area (Å²) in [5.41, 5.74) is 0.829. The fourth-order valence-electron chi connectivity index (χ4n) is 2.99. The third kappa shape index (κ3) is 3.72. The Morgan fingerprint density at radius 2 is 2.12 bits per heavy atom. The molecule has 2 aromatic rings. The highest BCUT2D eigenvalue weighted by Crippen LogP contribution is 2.27. The fourth-order valence-corrected chi connectivity index (χ4v) is 2.99. The van der Waals surface area contributed by atoms with Crippen molar-refractivity contribution < 1.29 is 4.74 Å². The first kappa shape index (κ1) is 16.8. The number of hydrogen-bond donors (Lipinski definition) is 0. The Kier molecular flexibility index (Phi) is 4.80. The Hall–Kier alpha value is -2.02. The molecule has 1 fully saturated rings.